The van der Waals surface area contributed by atoms with Crippen molar-refractivity contribution >= 4 is 35.2 Å². The van der Waals surface area contributed by atoms with E-state index in [-0.39, 0.29) is 6.04 Å². The number of halogens is 2. The normalized spacial score (nSPS) is 13.5. The summed E-state index contributed by atoms with van der Waals surface area (Å²) in [5.41, 5.74) is 4.58. The fraction of sp³-hybridized carbons (Fsp3) is 0.316. The van der Waals surface area contributed by atoms with Crippen LogP contribution in [0.4, 0.5) is 5.69 Å². The van der Waals surface area contributed by atoms with Crippen LogP contribution in [-0.4, -0.2) is 33.0 Å². The molecule has 0 radical (unpaired) electrons. The highest BCUT2D eigenvalue weighted by Crippen LogP contribution is 2.23. The third-order valence-corrected chi connectivity index (χ3v) is 4.33. The number of likely N-dealkylation sites (N-methyl/N-ethyl adjacent to an activating group) is 2. The lowest BCUT2D eigenvalue weighted by atomic mass is 10.0. The van der Waals surface area contributed by atoms with Gasteiger partial charge in [0.2, 0.25) is 0 Å². The van der Waals surface area contributed by atoms with Gasteiger partial charge < -0.3 is 15.0 Å². The van der Waals surface area contributed by atoms with Gasteiger partial charge in [0.25, 0.3) is 0 Å². The van der Waals surface area contributed by atoms with Crippen LogP contribution in [0.25, 0.3) is 0 Å². The number of carbonyl (C=O) groups excluding carboxylic acids is 1. The van der Waals surface area contributed by atoms with E-state index in [1.165, 1.54) is 11.1 Å². The summed E-state index contributed by atoms with van der Waals surface area (Å²) < 4.78 is 0. The van der Waals surface area contributed by atoms with E-state index in [2.05, 4.69) is 28.9 Å². The van der Waals surface area contributed by atoms with Gasteiger partial charge in [0, 0.05) is 29.8 Å². The second-order valence-electron chi connectivity index (χ2n) is 5.42. The minimum atomic E-state index is -0.129. The van der Waals surface area contributed by atoms with E-state index in [0.717, 1.165) is 30.4 Å². The largest absolute Gasteiger partial charge is 0.370 e. The van der Waals surface area contributed by atoms with Gasteiger partial charge in [-0.15, -0.1) is 0 Å². The van der Waals surface area contributed by atoms with Gasteiger partial charge in [-0.25, -0.2) is 0 Å². The zero-order chi connectivity index (χ0) is 17.9. The molecule has 0 fully saturated rings. The molecule has 3 nitrogen and oxygen atoms in total. The zero-order valence-corrected chi connectivity index (χ0v) is 15.6. The van der Waals surface area contributed by atoms with E-state index in [1.54, 1.807) is 19.2 Å². The summed E-state index contributed by atoms with van der Waals surface area (Å²) in [7, 11) is 3.80. The standard InChI is InChI=1S/C19H24Cl2N2O/c1-4-15(18(21)11-12-20)13-23(3)19-8-6-5-7-16(19)9-10-17(14-24)22-2/h4-8,11-12,14,17,22H,1,9-10,13H2,2-3H3/b12-11-,18-15-. The number of rotatable bonds is 10. The molecule has 1 rings (SSSR count). The molecular formula is C19H24Cl2N2O. The number of nitrogens with one attached hydrogen (secondary N) is 1. The number of allylic oxidation sites excluding steroid dienone is 2. The molecule has 0 spiro atoms. The number of aldehydes is 1. The second kappa shape index (κ2) is 11.1. The van der Waals surface area contributed by atoms with Crippen molar-refractivity contribution < 1.29 is 4.79 Å². The highest BCUT2D eigenvalue weighted by atomic mass is 35.5. The Morgan fingerprint density at radius 3 is 2.71 bits per heavy atom. The first-order chi connectivity index (χ1) is 11.6. The maximum Gasteiger partial charge on any atom is 0.136 e. The molecule has 1 atom stereocenters. The molecule has 130 valence electrons. The fourth-order valence-corrected chi connectivity index (χ4v) is 2.82. The summed E-state index contributed by atoms with van der Waals surface area (Å²) in [6.07, 6.45) is 5.89. The Morgan fingerprint density at radius 2 is 2.12 bits per heavy atom. The van der Waals surface area contributed by atoms with E-state index in [9.17, 15) is 4.79 Å². The van der Waals surface area contributed by atoms with Crippen molar-refractivity contribution in [1.29, 1.82) is 0 Å². The molecule has 1 aromatic rings. The molecule has 5 heteroatoms. The number of benzene rings is 1. The van der Waals surface area contributed by atoms with Gasteiger partial charge in [0.15, 0.2) is 0 Å². The molecule has 1 unspecified atom stereocenters. The maximum absolute atomic E-state index is 11.0. The van der Waals surface area contributed by atoms with E-state index in [0.29, 0.717) is 11.6 Å². The lowest BCUT2D eigenvalue weighted by molar-refractivity contribution is -0.109. The molecule has 0 amide bonds. The molecular weight excluding hydrogens is 343 g/mol. The Kier molecular flexibility index (Phi) is 9.46. The number of nitrogens with zero attached hydrogens (tertiary/aromatic N) is 1. The first kappa shape index (κ1) is 20.5. The van der Waals surface area contributed by atoms with Crippen molar-refractivity contribution in [2.24, 2.45) is 0 Å². The van der Waals surface area contributed by atoms with Crippen LogP contribution in [0.5, 0.6) is 0 Å². The molecule has 0 heterocycles. The lowest BCUT2D eigenvalue weighted by Gasteiger charge is -2.24. The maximum atomic E-state index is 11.0. The van der Waals surface area contributed by atoms with Crippen molar-refractivity contribution in [3.8, 4) is 0 Å². The number of hydrogen-bond acceptors (Lipinski definition) is 3. The van der Waals surface area contributed by atoms with Crippen LogP contribution in [0, 0.1) is 0 Å². The predicted molar refractivity (Wildman–Crippen MR) is 105 cm³/mol. The number of hydrogen-bond donors (Lipinski definition) is 1. The number of aryl methyl sites for hydroxylation is 1. The molecule has 0 aliphatic heterocycles. The van der Waals surface area contributed by atoms with Crippen LogP contribution < -0.4 is 10.2 Å². The first-order valence-electron chi connectivity index (χ1n) is 7.76. The SMILES string of the molecule is C=C/C(CN(C)c1ccccc1CCC(C=O)NC)=C(Cl)\C=C/Cl. The summed E-state index contributed by atoms with van der Waals surface area (Å²) in [5.74, 6) is 0. The van der Waals surface area contributed by atoms with Gasteiger partial charge in [-0.2, -0.15) is 0 Å². The monoisotopic (exact) mass is 366 g/mol. The minimum Gasteiger partial charge on any atom is -0.370 e. The van der Waals surface area contributed by atoms with Crippen LogP contribution in [0.3, 0.4) is 0 Å². The van der Waals surface area contributed by atoms with Crippen molar-refractivity contribution in [3.05, 3.63) is 64.7 Å². The van der Waals surface area contributed by atoms with Gasteiger partial charge in [0.05, 0.1) is 6.04 Å². The smallest absolute Gasteiger partial charge is 0.136 e. The van der Waals surface area contributed by atoms with E-state index in [4.69, 9.17) is 23.2 Å². The third-order valence-electron chi connectivity index (χ3n) is 3.83. The summed E-state index contributed by atoms with van der Waals surface area (Å²) in [6.45, 7) is 4.44. The molecule has 0 aromatic heterocycles. The van der Waals surface area contributed by atoms with Crippen molar-refractivity contribution in [3.63, 3.8) is 0 Å². The molecule has 24 heavy (non-hydrogen) atoms. The van der Waals surface area contributed by atoms with Crippen LogP contribution in [-0.2, 0) is 11.2 Å². The second-order valence-corrected chi connectivity index (χ2v) is 6.08. The van der Waals surface area contributed by atoms with Crippen LogP contribution in [0.15, 0.2) is 59.1 Å². The van der Waals surface area contributed by atoms with Gasteiger partial charge in [-0.05, 0) is 43.2 Å². The molecule has 0 saturated heterocycles. The summed E-state index contributed by atoms with van der Waals surface area (Å²) >= 11 is 11.8. The van der Waals surface area contributed by atoms with E-state index >= 15 is 0 Å². The fourth-order valence-electron chi connectivity index (χ4n) is 2.43. The Labute approximate surface area is 154 Å². The quantitative estimate of drug-likeness (QED) is 0.495. The molecule has 0 saturated carbocycles. The third kappa shape index (κ3) is 6.16. The highest BCUT2D eigenvalue weighted by Gasteiger charge is 2.11. The van der Waals surface area contributed by atoms with E-state index in [1.807, 2.05) is 19.2 Å². The zero-order valence-electron chi connectivity index (χ0n) is 14.1. The molecule has 1 aromatic carbocycles. The molecule has 0 bridgehead atoms. The topological polar surface area (TPSA) is 32.3 Å². The Morgan fingerprint density at radius 1 is 1.42 bits per heavy atom. The molecule has 1 N–H and O–H groups in total. The average Bonchev–Trinajstić information content (AvgIpc) is 2.60. The van der Waals surface area contributed by atoms with Crippen LogP contribution in [0.1, 0.15) is 12.0 Å². The lowest BCUT2D eigenvalue weighted by Crippen LogP contribution is -2.27. The number of anilines is 1. The van der Waals surface area contributed by atoms with Crippen molar-refractivity contribution in [2.45, 2.75) is 18.9 Å². The Bertz CT molecular complexity index is 611. The van der Waals surface area contributed by atoms with Gasteiger partial charge in [-0.3, -0.25) is 0 Å². The molecule has 0 aliphatic carbocycles. The van der Waals surface area contributed by atoms with Crippen LogP contribution >= 0.6 is 23.2 Å². The first-order valence-corrected chi connectivity index (χ1v) is 8.58. The summed E-state index contributed by atoms with van der Waals surface area (Å²) in [6, 6.07) is 8.03. The number of para-hydroxylation sites is 1. The van der Waals surface area contributed by atoms with Gasteiger partial charge in [-0.1, -0.05) is 54.1 Å². The summed E-state index contributed by atoms with van der Waals surface area (Å²) in [5, 5.41) is 3.57. The number of carbonyl (C=O) groups is 1. The van der Waals surface area contributed by atoms with Crippen LogP contribution in [0.2, 0.25) is 0 Å². The van der Waals surface area contributed by atoms with Gasteiger partial charge in [0.1, 0.15) is 6.29 Å². The van der Waals surface area contributed by atoms with Crippen molar-refractivity contribution in [1.82, 2.24) is 5.32 Å². The van der Waals surface area contributed by atoms with E-state index < -0.39 is 0 Å². The Balaban J connectivity index is 2.94. The average molecular weight is 367 g/mol. The predicted octanol–water partition coefficient (Wildman–Crippen LogP) is 4.27. The Hall–Kier alpha value is -1.55. The van der Waals surface area contributed by atoms with Crippen molar-refractivity contribution in [2.75, 3.05) is 25.5 Å². The highest BCUT2D eigenvalue weighted by molar-refractivity contribution is 6.33. The molecule has 0 aliphatic rings. The minimum absolute atomic E-state index is 0.129. The van der Waals surface area contributed by atoms with Gasteiger partial charge >= 0.3 is 0 Å². The summed E-state index contributed by atoms with van der Waals surface area (Å²) in [4.78, 5) is 13.1.